The number of hydrogen-bond donors (Lipinski definition) is 2. The number of likely N-dealkylation sites (tertiary alicyclic amines) is 1. The molecule has 1 spiro atoms. The van der Waals surface area contributed by atoms with E-state index in [0.29, 0.717) is 28.6 Å². The number of piperidine rings is 1. The summed E-state index contributed by atoms with van der Waals surface area (Å²) in [4.78, 5) is 25.4. The first-order chi connectivity index (χ1) is 16.0. The number of carbonyl (C=O) groups is 2. The zero-order valence-corrected chi connectivity index (χ0v) is 18.8. The van der Waals surface area contributed by atoms with Crippen molar-refractivity contribution in [2.75, 3.05) is 19.7 Å². The van der Waals surface area contributed by atoms with Gasteiger partial charge >= 0.3 is 5.97 Å². The number of nitrogens with zero attached hydrogens (tertiary/aromatic N) is 2. The monoisotopic (exact) mass is 470 g/mol. The van der Waals surface area contributed by atoms with E-state index in [1.54, 1.807) is 16.7 Å². The van der Waals surface area contributed by atoms with Crippen LogP contribution in [0.1, 0.15) is 37.9 Å². The Bertz CT molecular complexity index is 1350. The molecule has 1 fully saturated rings. The van der Waals surface area contributed by atoms with E-state index >= 15 is 0 Å². The van der Waals surface area contributed by atoms with Gasteiger partial charge in [0.25, 0.3) is 0 Å². The van der Waals surface area contributed by atoms with Crippen LogP contribution in [0.5, 0.6) is 5.75 Å². The van der Waals surface area contributed by atoms with Crippen LogP contribution in [-0.4, -0.2) is 51.3 Å². The van der Waals surface area contributed by atoms with E-state index in [1.165, 1.54) is 17.0 Å². The van der Waals surface area contributed by atoms with Gasteiger partial charge in [0.05, 0.1) is 18.5 Å². The smallest absolute Gasteiger partial charge is 0.323 e. The number of aromatic hydroxyl groups is 1. The molecule has 0 aliphatic carbocycles. The molecule has 1 unspecified atom stereocenters. The van der Waals surface area contributed by atoms with Gasteiger partial charge in [-0.15, -0.1) is 0 Å². The molecule has 0 saturated carbocycles. The van der Waals surface area contributed by atoms with Crippen LogP contribution in [0.3, 0.4) is 0 Å². The second-order valence-electron chi connectivity index (χ2n) is 9.63. The van der Waals surface area contributed by atoms with Gasteiger partial charge in [0.15, 0.2) is 11.6 Å². The molecule has 2 N–H and O–H groups in total. The summed E-state index contributed by atoms with van der Waals surface area (Å²) in [6, 6.07) is 8.62. The summed E-state index contributed by atoms with van der Waals surface area (Å²) < 4.78 is 36.2. The molecule has 9 heteroatoms. The van der Waals surface area contributed by atoms with Gasteiger partial charge in [-0.3, -0.25) is 9.59 Å². The summed E-state index contributed by atoms with van der Waals surface area (Å²) in [6.07, 6.45) is 0.245. The number of carboxylic acid groups (broad SMARTS) is 1. The first-order valence-corrected chi connectivity index (χ1v) is 11.0. The maximum atomic E-state index is 14.3. The Hall–Kier alpha value is -3.46. The largest absolute Gasteiger partial charge is 0.507 e. The lowest BCUT2D eigenvalue weighted by Crippen LogP contribution is -2.53. The number of phenols is 1. The lowest BCUT2D eigenvalue weighted by molar-refractivity contribution is -0.161. The highest BCUT2D eigenvalue weighted by molar-refractivity contribution is 5.95. The predicted molar refractivity (Wildman–Crippen MR) is 119 cm³/mol. The molecule has 7 nitrogen and oxygen atoms in total. The van der Waals surface area contributed by atoms with Crippen LogP contribution in [0.15, 0.2) is 36.4 Å². The molecular weight excluding hydrogens is 446 g/mol. The van der Waals surface area contributed by atoms with Crippen molar-refractivity contribution in [3.63, 3.8) is 0 Å². The number of halogens is 2. The number of hydrogen-bond acceptors (Lipinski definition) is 4. The maximum Gasteiger partial charge on any atom is 0.323 e. The number of carbonyl (C=O) groups excluding carboxylic acids is 1. The molecule has 0 radical (unpaired) electrons. The van der Waals surface area contributed by atoms with Crippen LogP contribution in [0.4, 0.5) is 8.78 Å². The van der Waals surface area contributed by atoms with Gasteiger partial charge in [-0.25, -0.2) is 8.78 Å². The van der Waals surface area contributed by atoms with Crippen molar-refractivity contribution in [1.82, 2.24) is 9.47 Å². The highest BCUT2D eigenvalue weighted by Crippen LogP contribution is 2.53. The Balaban J connectivity index is 1.79. The lowest BCUT2D eigenvalue weighted by Gasteiger charge is -2.47. The molecule has 1 amide bonds. The molecular formula is C25H24F2N2O5. The summed E-state index contributed by atoms with van der Waals surface area (Å²) >= 11 is 0. The fourth-order valence-corrected chi connectivity index (χ4v) is 5.31. The van der Waals surface area contributed by atoms with Gasteiger partial charge in [-0.1, -0.05) is 19.9 Å². The van der Waals surface area contributed by atoms with Crippen molar-refractivity contribution < 1.29 is 33.3 Å². The third kappa shape index (κ3) is 3.26. The minimum Gasteiger partial charge on any atom is -0.507 e. The standard InChI is InChI=1S/C25H24F2N2O5/c1-24(2)13-34-25(8-9-28(12-20(32)33)19(31)11-25)22-21-17(4-3-5-18(21)30)29(23(22)24)14-6-7-15(26)16(27)10-14/h3-7,10,30H,8-9,11-13H2,1-2H3,(H,32,33). The van der Waals surface area contributed by atoms with E-state index in [-0.39, 0.29) is 31.2 Å². The van der Waals surface area contributed by atoms with E-state index in [0.717, 1.165) is 17.8 Å². The van der Waals surface area contributed by atoms with E-state index in [1.807, 2.05) is 13.8 Å². The third-order valence-corrected chi connectivity index (χ3v) is 6.84. The fraction of sp³-hybridized carbons (Fsp3) is 0.360. The normalized spacial score (nSPS) is 21.8. The number of aromatic nitrogens is 1. The SMILES string of the molecule is CC1(C)COC2(CCN(CC(=O)O)C(=O)C2)c2c1n(-c1ccc(F)c(F)c1)c1cccc(O)c21. The van der Waals surface area contributed by atoms with Crippen LogP contribution in [0.25, 0.3) is 16.6 Å². The molecule has 1 atom stereocenters. The van der Waals surface area contributed by atoms with Gasteiger partial charge in [0.2, 0.25) is 5.91 Å². The van der Waals surface area contributed by atoms with Crippen LogP contribution < -0.4 is 0 Å². The zero-order valence-electron chi connectivity index (χ0n) is 18.8. The van der Waals surface area contributed by atoms with Crippen molar-refractivity contribution in [3.05, 3.63) is 59.3 Å². The van der Waals surface area contributed by atoms with E-state index in [9.17, 15) is 23.5 Å². The molecule has 1 aromatic heterocycles. The van der Waals surface area contributed by atoms with E-state index < -0.39 is 35.2 Å². The number of fused-ring (bicyclic) bond motifs is 4. The molecule has 2 aromatic carbocycles. The molecule has 178 valence electrons. The van der Waals surface area contributed by atoms with Gasteiger partial charge in [-0.2, -0.15) is 0 Å². The van der Waals surface area contributed by atoms with E-state index in [2.05, 4.69) is 0 Å². The van der Waals surface area contributed by atoms with Crippen molar-refractivity contribution in [1.29, 1.82) is 0 Å². The Labute approximate surface area is 194 Å². The number of aliphatic carboxylic acids is 1. The second kappa shape index (κ2) is 7.53. The number of carboxylic acids is 1. The average molecular weight is 470 g/mol. The summed E-state index contributed by atoms with van der Waals surface area (Å²) in [5.41, 5.74) is 0.645. The summed E-state index contributed by atoms with van der Waals surface area (Å²) in [5.74, 6) is -3.43. The van der Waals surface area contributed by atoms with Gasteiger partial charge < -0.3 is 24.4 Å². The Morgan fingerprint density at radius 2 is 1.94 bits per heavy atom. The summed E-state index contributed by atoms with van der Waals surface area (Å²) in [6.45, 7) is 3.93. The van der Waals surface area contributed by atoms with Gasteiger partial charge in [-0.05, 0) is 30.7 Å². The van der Waals surface area contributed by atoms with Gasteiger partial charge in [0.1, 0.15) is 17.9 Å². The molecule has 3 heterocycles. The first-order valence-electron chi connectivity index (χ1n) is 11.0. The third-order valence-electron chi connectivity index (χ3n) is 6.84. The first kappa shape index (κ1) is 22.3. The van der Waals surface area contributed by atoms with Crippen molar-refractivity contribution >= 4 is 22.8 Å². The topological polar surface area (TPSA) is 92.0 Å². The number of phenolic OH excluding ortho intramolecular Hbond substituents is 1. The molecule has 1 saturated heterocycles. The Kier molecular flexibility index (Phi) is 4.95. The van der Waals surface area contributed by atoms with Crippen molar-refractivity contribution in [2.24, 2.45) is 0 Å². The van der Waals surface area contributed by atoms with E-state index in [4.69, 9.17) is 9.84 Å². The van der Waals surface area contributed by atoms with Crippen molar-refractivity contribution in [2.45, 2.75) is 37.7 Å². The Morgan fingerprint density at radius 1 is 1.18 bits per heavy atom. The number of rotatable bonds is 3. The number of amides is 1. The Morgan fingerprint density at radius 3 is 2.62 bits per heavy atom. The molecule has 34 heavy (non-hydrogen) atoms. The van der Waals surface area contributed by atoms with Crippen LogP contribution in [0, 0.1) is 11.6 Å². The molecule has 2 aliphatic rings. The second-order valence-corrected chi connectivity index (χ2v) is 9.63. The predicted octanol–water partition coefficient (Wildman–Crippen LogP) is 3.82. The minimum absolute atomic E-state index is 0.0174. The number of ether oxygens (including phenoxy) is 1. The minimum atomic E-state index is -1.09. The maximum absolute atomic E-state index is 14.3. The molecule has 0 bridgehead atoms. The average Bonchev–Trinajstić information content (AvgIpc) is 3.14. The number of benzene rings is 2. The molecule has 2 aliphatic heterocycles. The van der Waals surface area contributed by atoms with Gasteiger partial charge in [0, 0.05) is 40.4 Å². The van der Waals surface area contributed by atoms with Crippen LogP contribution >= 0.6 is 0 Å². The fourth-order valence-electron chi connectivity index (χ4n) is 5.31. The summed E-state index contributed by atoms with van der Waals surface area (Å²) in [5, 5.41) is 20.6. The van der Waals surface area contributed by atoms with Crippen molar-refractivity contribution in [3.8, 4) is 11.4 Å². The quantitative estimate of drug-likeness (QED) is 0.607. The van der Waals surface area contributed by atoms with Crippen LogP contribution in [0.2, 0.25) is 0 Å². The van der Waals surface area contributed by atoms with Crippen LogP contribution in [-0.2, 0) is 25.3 Å². The summed E-state index contributed by atoms with van der Waals surface area (Å²) in [7, 11) is 0. The molecule has 3 aromatic rings. The highest BCUT2D eigenvalue weighted by Gasteiger charge is 2.52. The molecule has 5 rings (SSSR count). The highest BCUT2D eigenvalue weighted by atomic mass is 19.2. The lowest BCUT2D eigenvalue weighted by atomic mass is 9.73. The zero-order chi connectivity index (χ0) is 24.4.